The van der Waals surface area contributed by atoms with Crippen molar-refractivity contribution in [3.63, 3.8) is 0 Å². The SMILES string of the molecule is CCC(C)c1cc(Cl)ccc1OC1CNC(C(=O)OC)C1.Cl. The van der Waals surface area contributed by atoms with E-state index in [9.17, 15) is 4.79 Å². The molecule has 2 rings (SSSR count). The van der Waals surface area contributed by atoms with Crippen LogP contribution in [0, 0.1) is 0 Å². The molecule has 0 aliphatic carbocycles. The molecular weight excluding hydrogens is 325 g/mol. The van der Waals surface area contributed by atoms with E-state index in [1.54, 1.807) is 0 Å². The minimum absolute atomic E-state index is 0. The van der Waals surface area contributed by atoms with Gasteiger partial charge in [0.15, 0.2) is 0 Å². The Bertz CT molecular complexity index is 510. The van der Waals surface area contributed by atoms with Gasteiger partial charge in [-0.3, -0.25) is 4.79 Å². The highest BCUT2D eigenvalue weighted by Crippen LogP contribution is 2.32. The van der Waals surface area contributed by atoms with Crippen LogP contribution in [0.4, 0.5) is 0 Å². The van der Waals surface area contributed by atoms with Crippen LogP contribution in [-0.4, -0.2) is 31.8 Å². The number of methoxy groups -OCH3 is 1. The maximum Gasteiger partial charge on any atom is 0.323 e. The second kappa shape index (κ2) is 8.61. The zero-order chi connectivity index (χ0) is 15.4. The van der Waals surface area contributed by atoms with Crippen molar-refractivity contribution < 1.29 is 14.3 Å². The van der Waals surface area contributed by atoms with E-state index in [1.807, 2.05) is 18.2 Å². The van der Waals surface area contributed by atoms with E-state index in [-0.39, 0.29) is 30.5 Å². The first-order chi connectivity index (χ1) is 10.0. The fourth-order valence-corrected chi connectivity index (χ4v) is 2.71. The van der Waals surface area contributed by atoms with Crippen molar-refractivity contribution >= 4 is 30.0 Å². The molecule has 1 fully saturated rings. The minimum Gasteiger partial charge on any atom is -0.489 e. The molecule has 0 aromatic heterocycles. The zero-order valence-electron chi connectivity index (χ0n) is 13.1. The number of ether oxygens (including phenoxy) is 2. The van der Waals surface area contributed by atoms with Gasteiger partial charge in [0.1, 0.15) is 17.9 Å². The molecule has 1 aliphatic heterocycles. The molecule has 0 spiro atoms. The summed E-state index contributed by atoms with van der Waals surface area (Å²) >= 11 is 6.09. The number of hydrogen-bond acceptors (Lipinski definition) is 4. The van der Waals surface area contributed by atoms with Gasteiger partial charge in [-0.2, -0.15) is 0 Å². The molecule has 1 aromatic carbocycles. The predicted molar refractivity (Wildman–Crippen MR) is 90.2 cm³/mol. The van der Waals surface area contributed by atoms with Gasteiger partial charge in [-0.05, 0) is 36.1 Å². The Kier molecular flexibility index (Phi) is 7.46. The average Bonchev–Trinajstić information content (AvgIpc) is 2.96. The Morgan fingerprint density at radius 1 is 1.50 bits per heavy atom. The van der Waals surface area contributed by atoms with E-state index < -0.39 is 0 Å². The van der Waals surface area contributed by atoms with Crippen LogP contribution in [0.2, 0.25) is 5.02 Å². The van der Waals surface area contributed by atoms with Crippen LogP contribution >= 0.6 is 24.0 Å². The molecule has 6 heteroatoms. The van der Waals surface area contributed by atoms with Crippen molar-refractivity contribution in [3.05, 3.63) is 28.8 Å². The number of carbonyl (C=O) groups is 1. The van der Waals surface area contributed by atoms with Crippen LogP contribution in [0.5, 0.6) is 5.75 Å². The summed E-state index contributed by atoms with van der Waals surface area (Å²) in [4.78, 5) is 11.5. The summed E-state index contributed by atoms with van der Waals surface area (Å²) in [6.45, 7) is 4.94. The summed E-state index contributed by atoms with van der Waals surface area (Å²) in [5.74, 6) is 0.995. The average molecular weight is 348 g/mol. The lowest BCUT2D eigenvalue weighted by Gasteiger charge is -2.19. The number of rotatable bonds is 5. The Morgan fingerprint density at radius 2 is 2.23 bits per heavy atom. The first kappa shape index (κ1) is 19.1. The van der Waals surface area contributed by atoms with Crippen LogP contribution in [0.1, 0.15) is 38.2 Å². The lowest BCUT2D eigenvalue weighted by molar-refractivity contribution is -0.142. The van der Waals surface area contributed by atoms with Crippen molar-refractivity contribution in [2.24, 2.45) is 0 Å². The largest absolute Gasteiger partial charge is 0.489 e. The van der Waals surface area contributed by atoms with Crippen LogP contribution < -0.4 is 10.1 Å². The van der Waals surface area contributed by atoms with Crippen molar-refractivity contribution in [3.8, 4) is 5.75 Å². The van der Waals surface area contributed by atoms with Crippen molar-refractivity contribution in [2.45, 2.75) is 44.8 Å². The van der Waals surface area contributed by atoms with E-state index in [2.05, 4.69) is 19.2 Å². The summed E-state index contributed by atoms with van der Waals surface area (Å²) in [6.07, 6.45) is 1.61. The van der Waals surface area contributed by atoms with Crippen LogP contribution in [0.25, 0.3) is 0 Å². The molecule has 22 heavy (non-hydrogen) atoms. The monoisotopic (exact) mass is 347 g/mol. The molecular formula is C16H23Cl2NO3. The standard InChI is InChI=1S/C16H22ClNO3.ClH/c1-4-10(2)13-7-11(17)5-6-15(13)21-12-8-14(18-9-12)16(19)20-3;/h5-7,10,12,14,18H,4,8-9H2,1-3H3;1H. The normalized spacial score (nSPS) is 21.8. The van der Waals surface area contributed by atoms with Gasteiger partial charge >= 0.3 is 5.97 Å². The van der Waals surface area contributed by atoms with Gasteiger partial charge < -0.3 is 14.8 Å². The van der Waals surface area contributed by atoms with E-state index in [4.69, 9.17) is 21.1 Å². The third kappa shape index (κ3) is 4.51. The molecule has 4 nitrogen and oxygen atoms in total. The topological polar surface area (TPSA) is 47.6 Å². The summed E-state index contributed by atoms with van der Waals surface area (Å²) in [7, 11) is 1.40. The van der Waals surface area contributed by atoms with Gasteiger partial charge in [0, 0.05) is 18.0 Å². The van der Waals surface area contributed by atoms with Gasteiger partial charge in [0.2, 0.25) is 0 Å². The summed E-state index contributed by atoms with van der Waals surface area (Å²) in [5.41, 5.74) is 1.12. The fourth-order valence-electron chi connectivity index (χ4n) is 2.53. The molecule has 0 amide bonds. The second-order valence-corrected chi connectivity index (χ2v) is 5.89. The van der Waals surface area contributed by atoms with Crippen LogP contribution in [0.3, 0.4) is 0 Å². The van der Waals surface area contributed by atoms with E-state index in [1.165, 1.54) is 7.11 Å². The lowest BCUT2D eigenvalue weighted by Crippen LogP contribution is -2.31. The van der Waals surface area contributed by atoms with Crippen molar-refractivity contribution in [2.75, 3.05) is 13.7 Å². The second-order valence-electron chi connectivity index (χ2n) is 5.45. The Labute approximate surface area is 142 Å². The zero-order valence-corrected chi connectivity index (χ0v) is 14.7. The predicted octanol–water partition coefficient (Wildman–Crippen LogP) is 3.56. The fraction of sp³-hybridized carbons (Fsp3) is 0.562. The van der Waals surface area contributed by atoms with Crippen molar-refractivity contribution in [1.29, 1.82) is 0 Å². The lowest BCUT2D eigenvalue weighted by atomic mass is 9.97. The Morgan fingerprint density at radius 3 is 2.86 bits per heavy atom. The van der Waals surface area contributed by atoms with Gasteiger partial charge in [0.05, 0.1) is 7.11 Å². The summed E-state index contributed by atoms with van der Waals surface area (Å²) in [6, 6.07) is 5.43. The Balaban J connectivity index is 0.00000242. The van der Waals surface area contributed by atoms with Gasteiger partial charge in [-0.15, -0.1) is 12.4 Å². The molecule has 1 aromatic rings. The highest BCUT2D eigenvalue weighted by molar-refractivity contribution is 6.30. The summed E-state index contributed by atoms with van der Waals surface area (Å²) < 4.78 is 10.8. The molecule has 0 saturated carbocycles. The smallest absolute Gasteiger partial charge is 0.323 e. The highest BCUT2D eigenvalue weighted by Gasteiger charge is 2.31. The summed E-state index contributed by atoms with van der Waals surface area (Å²) in [5, 5.41) is 3.84. The first-order valence-electron chi connectivity index (χ1n) is 7.32. The van der Waals surface area contributed by atoms with Crippen LogP contribution in [0.15, 0.2) is 18.2 Å². The highest BCUT2D eigenvalue weighted by atomic mass is 35.5. The minimum atomic E-state index is -0.278. The molecule has 3 unspecified atom stereocenters. The maximum atomic E-state index is 11.5. The van der Waals surface area contributed by atoms with E-state index >= 15 is 0 Å². The maximum absolute atomic E-state index is 11.5. The molecule has 1 saturated heterocycles. The number of hydrogen-bond donors (Lipinski definition) is 1. The quantitative estimate of drug-likeness (QED) is 0.827. The van der Waals surface area contributed by atoms with Crippen molar-refractivity contribution in [1.82, 2.24) is 5.32 Å². The molecule has 0 bridgehead atoms. The molecule has 124 valence electrons. The molecule has 1 N–H and O–H groups in total. The number of benzene rings is 1. The van der Waals surface area contributed by atoms with Crippen LogP contribution in [-0.2, 0) is 9.53 Å². The third-order valence-corrected chi connectivity index (χ3v) is 4.22. The van der Waals surface area contributed by atoms with E-state index in [0.717, 1.165) is 22.8 Å². The number of nitrogens with one attached hydrogen (secondary N) is 1. The molecule has 1 aliphatic rings. The number of carbonyl (C=O) groups excluding carboxylic acids is 1. The molecule has 3 atom stereocenters. The van der Waals surface area contributed by atoms with Gasteiger partial charge in [0.25, 0.3) is 0 Å². The third-order valence-electron chi connectivity index (χ3n) is 3.98. The van der Waals surface area contributed by atoms with Gasteiger partial charge in [-0.25, -0.2) is 0 Å². The first-order valence-corrected chi connectivity index (χ1v) is 7.70. The molecule has 0 radical (unpaired) electrons. The Hall–Kier alpha value is -0.970. The molecule has 1 heterocycles. The van der Waals surface area contributed by atoms with E-state index in [0.29, 0.717) is 18.9 Å². The number of halogens is 2. The number of esters is 1. The van der Waals surface area contributed by atoms with Gasteiger partial charge in [-0.1, -0.05) is 25.4 Å².